The summed E-state index contributed by atoms with van der Waals surface area (Å²) < 4.78 is 24.5. The summed E-state index contributed by atoms with van der Waals surface area (Å²) >= 11 is 0. The molecule has 65 valence electrons. The second kappa shape index (κ2) is 4.51. The third-order valence-corrected chi connectivity index (χ3v) is 2.83. The molecular weight excluding hydrogens is 162 g/mol. The van der Waals surface area contributed by atoms with Crippen LogP contribution >= 0.6 is 0 Å². The van der Waals surface area contributed by atoms with Crippen LogP contribution in [0.5, 0.6) is 0 Å². The van der Waals surface area contributed by atoms with Gasteiger partial charge in [-0.15, -0.1) is 0 Å². The summed E-state index contributed by atoms with van der Waals surface area (Å²) in [6.07, 6.45) is 3.97. The maximum atomic E-state index is 11.1. The number of rotatable bonds is 4. The fourth-order valence-electron chi connectivity index (χ4n) is 0.702. The Kier molecular flexibility index (Phi) is 4.37. The number of nitrogens with one attached hydrogen (secondary N) is 1. The van der Waals surface area contributed by atoms with Gasteiger partial charge in [-0.2, -0.15) is 0 Å². The van der Waals surface area contributed by atoms with Crippen molar-refractivity contribution in [2.75, 3.05) is 7.05 Å². The van der Waals surface area contributed by atoms with E-state index in [9.17, 15) is 8.42 Å². The molecule has 0 aromatic rings. The Morgan fingerprint density at radius 2 is 2.09 bits per heavy atom. The molecule has 0 saturated heterocycles. The first-order valence-electron chi connectivity index (χ1n) is 3.51. The van der Waals surface area contributed by atoms with E-state index in [0.717, 1.165) is 6.42 Å². The monoisotopic (exact) mass is 176 g/mol. The van der Waals surface area contributed by atoms with E-state index < -0.39 is 10.0 Å². The van der Waals surface area contributed by atoms with Crippen molar-refractivity contribution in [1.29, 1.82) is 0 Å². The molecule has 0 atom stereocenters. The average Bonchev–Trinajstić information content (AvgIpc) is 2.00. The molecule has 0 bridgehead atoms. The summed E-state index contributed by atoms with van der Waals surface area (Å²) in [5, 5.41) is 0. The van der Waals surface area contributed by atoms with Gasteiger partial charge in [0.15, 0.2) is 0 Å². The Bertz CT molecular complexity index is 229. The van der Waals surface area contributed by atoms with E-state index in [1.807, 2.05) is 6.92 Å². The van der Waals surface area contributed by atoms with Crippen molar-refractivity contribution in [2.24, 2.45) is 0 Å². The summed E-state index contributed by atoms with van der Waals surface area (Å²) in [7, 11) is -1.81. The largest absolute Gasteiger partial charge is 0.236 e. The van der Waals surface area contributed by atoms with Gasteiger partial charge in [-0.1, -0.05) is 19.9 Å². The van der Waals surface area contributed by atoms with Gasteiger partial charge in [0.25, 0.3) is 0 Å². The van der Waals surface area contributed by atoms with Crippen LogP contribution in [0, 0.1) is 6.42 Å². The summed E-state index contributed by atoms with van der Waals surface area (Å²) in [5.74, 6) is 0. The maximum Gasteiger partial charge on any atom is 0.236 e. The normalized spacial score (nSPS) is 13.5. The molecule has 0 unspecified atom stereocenters. The van der Waals surface area contributed by atoms with Gasteiger partial charge in [-0.25, -0.2) is 13.1 Å². The molecule has 1 N–H and O–H groups in total. The van der Waals surface area contributed by atoms with Gasteiger partial charge in [0, 0.05) is 6.42 Å². The highest BCUT2D eigenvalue weighted by Gasteiger charge is 2.11. The van der Waals surface area contributed by atoms with Crippen LogP contribution in [0.4, 0.5) is 0 Å². The summed E-state index contributed by atoms with van der Waals surface area (Å²) in [6, 6.07) is 0. The highest BCUT2D eigenvalue weighted by molar-refractivity contribution is 7.93. The quantitative estimate of drug-likeness (QED) is 0.696. The second-order valence-electron chi connectivity index (χ2n) is 2.01. The van der Waals surface area contributed by atoms with Crippen molar-refractivity contribution >= 4 is 10.0 Å². The summed E-state index contributed by atoms with van der Waals surface area (Å²) in [6.45, 7) is 3.60. The third-order valence-electron chi connectivity index (χ3n) is 1.27. The van der Waals surface area contributed by atoms with Gasteiger partial charge in [0.1, 0.15) is 0 Å². The molecule has 0 aliphatic rings. The van der Waals surface area contributed by atoms with Crippen molar-refractivity contribution in [3.63, 3.8) is 0 Å². The van der Waals surface area contributed by atoms with E-state index in [1.165, 1.54) is 7.05 Å². The third kappa shape index (κ3) is 3.03. The fraction of sp³-hybridized carbons (Fsp3) is 0.571. The molecule has 0 rings (SSSR count). The van der Waals surface area contributed by atoms with Gasteiger partial charge in [-0.05, 0) is 13.5 Å². The van der Waals surface area contributed by atoms with Crippen LogP contribution in [0.25, 0.3) is 0 Å². The van der Waals surface area contributed by atoms with Crippen LogP contribution in [0.2, 0.25) is 0 Å². The Morgan fingerprint density at radius 3 is 2.36 bits per heavy atom. The molecular formula is C7H14NO2S. The standard InChI is InChI=1S/C7H14NO2S/c1-4-6-7(5-2)11(9,10)8-3/h5-6,8H,4H2,1-3H3. The van der Waals surface area contributed by atoms with Gasteiger partial charge in [-0.3, -0.25) is 0 Å². The zero-order valence-corrected chi connectivity index (χ0v) is 7.90. The molecule has 0 aliphatic heterocycles. The Labute approximate surface area is 68.5 Å². The number of allylic oxidation sites excluding steroid dienone is 2. The SMILES string of the molecule is C[CH]C(=CCC)S(=O)(=O)NC. The van der Waals surface area contributed by atoms with Crippen molar-refractivity contribution < 1.29 is 8.42 Å². The zero-order chi connectivity index (χ0) is 8.91. The molecule has 0 aliphatic carbocycles. The van der Waals surface area contributed by atoms with E-state index in [0.29, 0.717) is 4.91 Å². The van der Waals surface area contributed by atoms with Crippen molar-refractivity contribution in [2.45, 2.75) is 20.3 Å². The lowest BCUT2D eigenvalue weighted by Crippen LogP contribution is -2.20. The molecule has 0 spiro atoms. The van der Waals surface area contributed by atoms with Crippen LogP contribution in [0.1, 0.15) is 20.3 Å². The zero-order valence-electron chi connectivity index (χ0n) is 7.09. The minimum Gasteiger partial charge on any atom is -0.215 e. The molecule has 0 fully saturated rings. The smallest absolute Gasteiger partial charge is 0.215 e. The molecule has 11 heavy (non-hydrogen) atoms. The fourth-order valence-corrected chi connectivity index (χ4v) is 1.63. The average molecular weight is 176 g/mol. The van der Waals surface area contributed by atoms with Crippen molar-refractivity contribution in [1.82, 2.24) is 4.72 Å². The molecule has 0 aromatic carbocycles. The van der Waals surface area contributed by atoms with E-state index >= 15 is 0 Å². The van der Waals surface area contributed by atoms with Crippen LogP contribution in [0.3, 0.4) is 0 Å². The Morgan fingerprint density at radius 1 is 1.55 bits per heavy atom. The molecule has 0 heterocycles. The molecule has 4 heteroatoms. The van der Waals surface area contributed by atoms with Crippen molar-refractivity contribution in [3.05, 3.63) is 17.4 Å². The molecule has 3 nitrogen and oxygen atoms in total. The van der Waals surface area contributed by atoms with E-state index in [2.05, 4.69) is 4.72 Å². The number of hydrogen-bond donors (Lipinski definition) is 1. The van der Waals surface area contributed by atoms with Crippen LogP contribution in [0.15, 0.2) is 11.0 Å². The molecule has 0 amide bonds. The maximum absolute atomic E-state index is 11.1. The molecule has 0 aromatic heterocycles. The number of hydrogen-bond acceptors (Lipinski definition) is 2. The first-order chi connectivity index (χ1) is 5.08. The van der Waals surface area contributed by atoms with Gasteiger partial charge < -0.3 is 0 Å². The molecule has 0 saturated carbocycles. The lowest BCUT2D eigenvalue weighted by molar-refractivity contribution is 0.594. The van der Waals surface area contributed by atoms with Crippen LogP contribution in [-0.4, -0.2) is 15.5 Å². The van der Waals surface area contributed by atoms with E-state index in [1.54, 1.807) is 19.4 Å². The van der Waals surface area contributed by atoms with Crippen LogP contribution in [-0.2, 0) is 10.0 Å². The summed E-state index contributed by atoms with van der Waals surface area (Å²) in [4.78, 5) is 0.350. The van der Waals surface area contributed by atoms with E-state index in [-0.39, 0.29) is 0 Å². The predicted octanol–water partition coefficient (Wildman–Crippen LogP) is 1.05. The van der Waals surface area contributed by atoms with Gasteiger partial charge >= 0.3 is 0 Å². The first kappa shape index (κ1) is 10.7. The lowest BCUT2D eigenvalue weighted by atomic mass is 10.3. The molecule has 1 radical (unpaired) electrons. The first-order valence-corrected chi connectivity index (χ1v) is 4.99. The second-order valence-corrected chi connectivity index (χ2v) is 3.90. The van der Waals surface area contributed by atoms with Crippen LogP contribution < -0.4 is 4.72 Å². The Hall–Kier alpha value is -0.350. The highest BCUT2D eigenvalue weighted by Crippen LogP contribution is 2.07. The van der Waals surface area contributed by atoms with Crippen molar-refractivity contribution in [3.8, 4) is 0 Å². The number of sulfonamides is 1. The minimum absolute atomic E-state index is 0.350. The summed E-state index contributed by atoms with van der Waals surface area (Å²) in [5.41, 5.74) is 0. The predicted molar refractivity (Wildman–Crippen MR) is 46.3 cm³/mol. The topological polar surface area (TPSA) is 46.2 Å². The highest BCUT2D eigenvalue weighted by atomic mass is 32.2. The van der Waals surface area contributed by atoms with Gasteiger partial charge in [0.2, 0.25) is 10.0 Å². The Balaban J connectivity index is 4.66. The van der Waals surface area contributed by atoms with E-state index in [4.69, 9.17) is 0 Å². The van der Waals surface area contributed by atoms with Gasteiger partial charge in [0.05, 0.1) is 4.91 Å². The lowest BCUT2D eigenvalue weighted by Gasteiger charge is -2.03. The minimum atomic E-state index is -3.22.